The molecule has 0 radical (unpaired) electrons. The van der Waals surface area contributed by atoms with Crippen LogP contribution in [-0.4, -0.2) is 17.6 Å². The van der Waals surface area contributed by atoms with Crippen molar-refractivity contribution in [2.24, 2.45) is 21.5 Å². The third-order valence-electron chi connectivity index (χ3n) is 4.39. The van der Waals surface area contributed by atoms with Crippen LogP contribution < -0.4 is 16.4 Å². The first kappa shape index (κ1) is 15.6. The maximum absolute atomic E-state index is 6.57. The van der Waals surface area contributed by atoms with E-state index in [0.717, 1.165) is 41.4 Å². The molecule has 1 aliphatic heterocycles. The SMILES string of the molecule is Cc1c(Br)ccc(N2C(N)=NC(N)=NC23CCCCC3)c1Cl. The molecule has 1 fully saturated rings. The summed E-state index contributed by atoms with van der Waals surface area (Å²) >= 11 is 10.1. The molecule has 1 aromatic carbocycles. The number of halogens is 2. The van der Waals surface area contributed by atoms with Gasteiger partial charge in [0, 0.05) is 4.47 Å². The predicted molar refractivity (Wildman–Crippen MR) is 95.4 cm³/mol. The summed E-state index contributed by atoms with van der Waals surface area (Å²) in [6.45, 7) is 1.97. The molecule has 1 aliphatic carbocycles. The van der Waals surface area contributed by atoms with Crippen LogP contribution in [0, 0.1) is 6.92 Å². The topological polar surface area (TPSA) is 80.0 Å². The highest BCUT2D eigenvalue weighted by molar-refractivity contribution is 9.10. The zero-order chi connectivity index (χ0) is 15.9. The minimum absolute atomic E-state index is 0.251. The first-order valence-corrected chi connectivity index (χ1v) is 8.56. The number of nitrogens with zero attached hydrogens (tertiary/aromatic N) is 3. The Morgan fingerprint density at radius 1 is 1.23 bits per heavy atom. The summed E-state index contributed by atoms with van der Waals surface area (Å²) < 4.78 is 0.967. The van der Waals surface area contributed by atoms with Gasteiger partial charge in [0.1, 0.15) is 5.66 Å². The van der Waals surface area contributed by atoms with Crippen molar-refractivity contribution in [3.8, 4) is 0 Å². The quantitative estimate of drug-likeness (QED) is 0.777. The molecule has 0 unspecified atom stereocenters. The Bertz CT molecular complexity index is 664. The zero-order valence-corrected chi connectivity index (χ0v) is 14.8. The fourth-order valence-electron chi connectivity index (χ4n) is 3.29. The molecule has 5 nitrogen and oxygen atoms in total. The minimum Gasteiger partial charge on any atom is -0.369 e. The van der Waals surface area contributed by atoms with Crippen molar-refractivity contribution in [1.82, 2.24) is 0 Å². The van der Waals surface area contributed by atoms with Gasteiger partial charge in [-0.15, -0.1) is 0 Å². The van der Waals surface area contributed by atoms with E-state index >= 15 is 0 Å². The fourth-order valence-corrected chi connectivity index (χ4v) is 3.98. The van der Waals surface area contributed by atoms with E-state index in [4.69, 9.17) is 23.1 Å². The van der Waals surface area contributed by atoms with E-state index in [2.05, 4.69) is 25.9 Å². The second-order valence-corrected chi connectivity index (χ2v) is 7.06. The summed E-state index contributed by atoms with van der Waals surface area (Å²) in [5, 5.41) is 0.660. The molecular weight excluding hydrogens is 366 g/mol. The van der Waals surface area contributed by atoms with Crippen LogP contribution >= 0.6 is 27.5 Å². The highest BCUT2D eigenvalue weighted by Gasteiger charge is 2.43. The smallest absolute Gasteiger partial charge is 0.220 e. The minimum atomic E-state index is -0.460. The number of nitrogens with two attached hydrogens (primary N) is 2. The van der Waals surface area contributed by atoms with Crippen LogP contribution in [0.15, 0.2) is 26.6 Å². The molecule has 1 saturated carbocycles. The fraction of sp³-hybridized carbons (Fsp3) is 0.467. The molecule has 0 bridgehead atoms. The summed E-state index contributed by atoms with van der Waals surface area (Å²) in [5.41, 5.74) is 13.4. The summed E-state index contributed by atoms with van der Waals surface area (Å²) in [6.07, 6.45) is 5.18. The molecule has 0 atom stereocenters. The van der Waals surface area contributed by atoms with Gasteiger partial charge in [0.05, 0.1) is 10.7 Å². The van der Waals surface area contributed by atoms with Gasteiger partial charge in [-0.3, -0.25) is 4.90 Å². The normalized spacial score (nSPS) is 20.8. The van der Waals surface area contributed by atoms with Crippen LogP contribution in [0.4, 0.5) is 5.69 Å². The van der Waals surface area contributed by atoms with Gasteiger partial charge in [0.25, 0.3) is 0 Å². The van der Waals surface area contributed by atoms with Gasteiger partial charge in [-0.2, -0.15) is 4.99 Å². The number of benzene rings is 1. The number of aliphatic imine (C=N–C) groups is 2. The first-order chi connectivity index (χ1) is 10.4. The van der Waals surface area contributed by atoms with E-state index < -0.39 is 5.66 Å². The van der Waals surface area contributed by atoms with E-state index in [0.29, 0.717) is 11.0 Å². The van der Waals surface area contributed by atoms with Gasteiger partial charge in [-0.25, -0.2) is 4.99 Å². The van der Waals surface area contributed by atoms with E-state index in [1.807, 2.05) is 24.0 Å². The van der Waals surface area contributed by atoms with Gasteiger partial charge in [0.15, 0.2) is 0 Å². The molecule has 7 heteroatoms. The molecule has 0 aromatic heterocycles. The maximum atomic E-state index is 6.57. The van der Waals surface area contributed by atoms with Crippen molar-refractivity contribution in [2.45, 2.75) is 44.7 Å². The molecule has 22 heavy (non-hydrogen) atoms. The van der Waals surface area contributed by atoms with Crippen LogP contribution in [0.1, 0.15) is 37.7 Å². The van der Waals surface area contributed by atoms with Crippen LogP contribution in [0.2, 0.25) is 5.02 Å². The average molecular weight is 385 g/mol. The van der Waals surface area contributed by atoms with Crippen molar-refractivity contribution < 1.29 is 0 Å². The standard InChI is InChI=1S/C15H19BrClN5/c1-9-10(16)5-6-11(12(9)17)22-14(19)20-13(18)21-15(22)7-3-2-4-8-15/h5-6H,2-4,7-8H2,1H3,(H4,18,19,20,21). The van der Waals surface area contributed by atoms with E-state index in [9.17, 15) is 0 Å². The van der Waals surface area contributed by atoms with Crippen LogP contribution in [-0.2, 0) is 0 Å². The lowest BCUT2D eigenvalue weighted by atomic mass is 9.87. The lowest BCUT2D eigenvalue weighted by Gasteiger charge is -2.46. The predicted octanol–water partition coefficient (Wildman–Crippen LogP) is 3.52. The van der Waals surface area contributed by atoms with Crippen molar-refractivity contribution in [1.29, 1.82) is 0 Å². The molecule has 4 N–H and O–H groups in total. The van der Waals surface area contributed by atoms with E-state index in [1.165, 1.54) is 6.42 Å². The van der Waals surface area contributed by atoms with Gasteiger partial charge < -0.3 is 11.5 Å². The Kier molecular flexibility index (Phi) is 4.07. The lowest BCUT2D eigenvalue weighted by molar-refractivity contribution is 0.305. The van der Waals surface area contributed by atoms with Crippen molar-refractivity contribution in [3.63, 3.8) is 0 Å². The van der Waals surface area contributed by atoms with Crippen LogP contribution in [0.25, 0.3) is 0 Å². The molecule has 118 valence electrons. The number of anilines is 1. The third-order valence-corrected chi connectivity index (χ3v) is 5.73. The molecule has 2 aliphatic rings. The Morgan fingerprint density at radius 2 is 1.91 bits per heavy atom. The van der Waals surface area contributed by atoms with Gasteiger partial charge in [-0.05, 0) is 50.3 Å². The first-order valence-electron chi connectivity index (χ1n) is 7.39. The Labute approximate surface area is 143 Å². The molecule has 1 heterocycles. The second-order valence-electron chi connectivity index (χ2n) is 5.82. The molecule has 0 saturated heterocycles. The van der Waals surface area contributed by atoms with Crippen molar-refractivity contribution in [3.05, 3.63) is 27.2 Å². The van der Waals surface area contributed by atoms with Crippen molar-refractivity contribution >= 4 is 45.1 Å². The summed E-state index contributed by atoms with van der Waals surface area (Å²) in [4.78, 5) is 10.8. The Hall–Kier alpha value is -1.27. The summed E-state index contributed by atoms with van der Waals surface area (Å²) in [5.74, 6) is 0.610. The Morgan fingerprint density at radius 3 is 2.59 bits per heavy atom. The summed E-state index contributed by atoms with van der Waals surface area (Å²) in [7, 11) is 0. The molecule has 1 spiro atoms. The summed E-state index contributed by atoms with van der Waals surface area (Å²) in [6, 6.07) is 3.93. The van der Waals surface area contributed by atoms with Crippen molar-refractivity contribution in [2.75, 3.05) is 4.90 Å². The number of hydrogen-bond acceptors (Lipinski definition) is 5. The average Bonchev–Trinajstić information content (AvgIpc) is 2.47. The maximum Gasteiger partial charge on any atom is 0.220 e. The third kappa shape index (κ3) is 2.48. The van der Waals surface area contributed by atoms with Crippen LogP contribution in [0.3, 0.4) is 0 Å². The lowest BCUT2D eigenvalue weighted by Crippen LogP contribution is -2.58. The van der Waals surface area contributed by atoms with E-state index in [1.54, 1.807) is 0 Å². The van der Waals surface area contributed by atoms with Crippen LogP contribution in [0.5, 0.6) is 0 Å². The number of guanidine groups is 2. The molecule has 0 amide bonds. The number of rotatable bonds is 1. The second kappa shape index (κ2) is 5.74. The monoisotopic (exact) mass is 383 g/mol. The molecule has 3 rings (SSSR count). The number of hydrogen-bond donors (Lipinski definition) is 2. The highest BCUT2D eigenvalue weighted by Crippen LogP contribution is 2.43. The highest BCUT2D eigenvalue weighted by atomic mass is 79.9. The molecular formula is C15H19BrClN5. The van der Waals surface area contributed by atoms with E-state index in [-0.39, 0.29) is 5.96 Å². The van der Waals surface area contributed by atoms with Gasteiger partial charge in [-0.1, -0.05) is 34.0 Å². The Balaban J connectivity index is 2.14. The zero-order valence-electron chi connectivity index (χ0n) is 12.4. The largest absolute Gasteiger partial charge is 0.369 e. The van der Waals surface area contributed by atoms with Gasteiger partial charge >= 0.3 is 0 Å². The molecule has 1 aromatic rings. The van der Waals surface area contributed by atoms with Gasteiger partial charge in [0.2, 0.25) is 11.9 Å².